The van der Waals surface area contributed by atoms with Gasteiger partial charge in [0.15, 0.2) is 8.07 Å². The second-order valence-electron chi connectivity index (χ2n) is 22.0. The van der Waals surface area contributed by atoms with E-state index in [2.05, 4.69) is 376 Å². The van der Waals surface area contributed by atoms with Crippen molar-refractivity contribution >= 4 is 105 Å². The number of benzene rings is 13. The van der Waals surface area contributed by atoms with Gasteiger partial charge in [0.1, 0.15) is 0 Å². The van der Waals surface area contributed by atoms with Gasteiger partial charge in [-0.2, -0.15) is 0 Å². The van der Waals surface area contributed by atoms with Gasteiger partial charge in [-0.3, -0.25) is 0 Å². The van der Waals surface area contributed by atoms with E-state index in [9.17, 15) is 0 Å². The molecule has 13 aromatic rings. The molecule has 13 aromatic carbocycles. The summed E-state index contributed by atoms with van der Waals surface area (Å²) in [7, 11) is -19.4. The molecule has 0 bridgehead atoms. The number of hydrogen-bond acceptors (Lipinski definition) is 4. The van der Waals surface area contributed by atoms with Crippen LogP contribution in [0.5, 0.6) is 0 Å². The molecule has 1 aliphatic rings. The van der Waals surface area contributed by atoms with Crippen LogP contribution in [0.25, 0.3) is 22.3 Å². The molecule has 0 radical (unpaired) electrons. The van der Waals surface area contributed by atoms with Gasteiger partial charge in [-0.05, 0) is 90.6 Å². The highest BCUT2D eigenvalue weighted by molar-refractivity contribution is 7.20. The van der Waals surface area contributed by atoms with Crippen LogP contribution in [-0.2, 0) is 16.5 Å². The zero-order valence-corrected chi connectivity index (χ0v) is 52.9. The molecule has 418 valence electrons. The lowest BCUT2D eigenvalue weighted by molar-refractivity contribution is 0.268. The molecule has 9 heteroatoms. The Morgan fingerprint density at radius 1 is 0.161 bits per heavy atom. The predicted molar refractivity (Wildman–Crippen MR) is 370 cm³/mol. The summed E-state index contributed by atoms with van der Waals surface area (Å²) in [6, 6.07) is 135. The van der Waals surface area contributed by atoms with Crippen LogP contribution in [0, 0.1) is 0 Å². The van der Waals surface area contributed by atoms with E-state index in [1.54, 1.807) is 0 Å². The second kappa shape index (κ2) is 24.3. The van der Waals surface area contributed by atoms with Crippen molar-refractivity contribution in [2.75, 3.05) is 0 Å². The Hall–Kier alpha value is -9.22. The fourth-order valence-corrected chi connectivity index (χ4v) is 40.3. The molecule has 1 saturated heterocycles. The smallest absolute Gasteiger partial charge is 0.390 e. The minimum atomic E-state index is -4.25. The third-order valence-electron chi connectivity index (χ3n) is 16.9. The first-order chi connectivity index (χ1) is 43.0. The van der Waals surface area contributed by atoms with Crippen LogP contribution >= 0.6 is 0 Å². The first kappa shape index (κ1) is 55.6. The highest BCUT2D eigenvalue weighted by atomic mass is 28.5. The van der Waals surface area contributed by atoms with E-state index in [-0.39, 0.29) is 0 Å². The van der Waals surface area contributed by atoms with Gasteiger partial charge in [0.05, 0.1) is 0 Å². The van der Waals surface area contributed by atoms with Crippen LogP contribution in [0.3, 0.4) is 0 Å². The third-order valence-corrected chi connectivity index (χ3v) is 39.6. The zero-order valence-electron chi connectivity index (χ0n) is 47.9. The number of hydrogen-bond donors (Lipinski definition) is 0. The average molecular weight is 1200 g/mol. The molecule has 4 nitrogen and oxygen atoms in total. The van der Waals surface area contributed by atoms with E-state index in [0.717, 1.165) is 63.7 Å². The largest absolute Gasteiger partial charge is 0.402 e. The quantitative estimate of drug-likeness (QED) is 0.0804. The standard InChI is InChI=1S/C78H62O4Si5/c1-11-38-67(39-12-1)83(68-40-13-2-14-41-68,69-42-15-3-16-43-69)77-58-32-36-65(61-77)63-34-31-35-64(60-63)66-37-33-59-78(62-66)87(76-56-29-10-30-57-76)81-85(72-48-21-6-22-49-72,73-50-23-7-24-51-73)79-84(70-44-17-4-18-45-70,71-46-19-5-20-47-71)80-86(82-87,74-52-25-8-26-53-74)75-54-27-9-28-55-75/h1-62H. The van der Waals surface area contributed by atoms with Crippen LogP contribution in [0.2, 0.25) is 0 Å². The van der Waals surface area contributed by atoms with Crippen molar-refractivity contribution in [2.45, 2.75) is 0 Å². The van der Waals surface area contributed by atoms with Gasteiger partial charge in [-0.1, -0.05) is 370 Å². The maximum absolute atomic E-state index is 8.87. The van der Waals surface area contributed by atoms with Crippen molar-refractivity contribution in [2.24, 2.45) is 0 Å². The second-order valence-corrected chi connectivity index (χ2v) is 38.7. The fourth-order valence-electron chi connectivity index (χ4n) is 12.9. The summed E-state index contributed by atoms with van der Waals surface area (Å²) < 4.78 is 35.2. The minimum Gasteiger partial charge on any atom is -0.402 e. The predicted octanol–water partition coefficient (Wildman–Crippen LogP) is 9.80. The highest BCUT2D eigenvalue weighted by Crippen LogP contribution is 2.34. The van der Waals surface area contributed by atoms with Gasteiger partial charge in [0.25, 0.3) is 0 Å². The van der Waals surface area contributed by atoms with Crippen LogP contribution in [-0.4, -0.2) is 42.3 Å². The zero-order chi connectivity index (χ0) is 58.4. The topological polar surface area (TPSA) is 36.9 Å². The Morgan fingerprint density at radius 3 is 0.644 bits per heavy atom. The van der Waals surface area contributed by atoms with Crippen molar-refractivity contribution < 1.29 is 16.5 Å². The molecular formula is C78H62O4Si5. The van der Waals surface area contributed by atoms with Crippen LogP contribution in [0.15, 0.2) is 376 Å². The van der Waals surface area contributed by atoms with Crippen molar-refractivity contribution in [1.29, 1.82) is 0 Å². The van der Waals surface area contributed by atoms with E-state index < -0.39 is 42.3 Å². The normalized spacial score (nSPS) is 15.1. The maximum Gasteiger partial charge on any atom is 0.390 e. The molecule has 1 heterocycles. The molecular weight excluding hydrogens is 1140 g/mol. The molecule has 87 heavy (non-hydrogen) atoms. The van der Waals surface area contributed by atoms with Gasteiger partial charge in [-0.25, -0.2) is 0 Å². The molecule has 0 N–H and O–H groups in total. The molecule has 0 aromatic heterocycles. The van der Waals surface area contributed by atoms with Crippen LogP contribution in [0.1, 0.15) is 0 Å². The Bertz CT molecular complexity index is 4080. The van der Waals surface area contributed by atoms with Gasteiger partial charge < -0.3 is 16.5 Å². The molecule has 0 spiro atoms. The monoisotopic (exact) mass is 1200 g/mol. The Morgan fingerprint density at radius 2 is 0.356 bits per heavy atom. The van der Waals surface area contributed by atoms with Crippen molar-refractivity contribution in [3.8, 4) is 22.3 Å². The maximum atomic E-state index is 8.87. The summed E-state index contributed by atoms with van der Waals surface area (Å²) >= 11 is 0. The lowest BCUT2D eigenvalue weighted by Crippen LogP contribution is -2.88. The van der Waals surface area contributed by atoms with Crippen molar-refractivity contribution in [1.82, 2.24) is 0 Å². The van der Waals surface area contributed by atoms with Gasteiger partial charge in [0.2, 0.25) is 0 Å². The van der Waals surface area contributed by atoms with E-state index in [1.807, 2.05) is 0 Å². The van der Waals surface area contributed by atoms with Crippen LogP contribution < -0.4 is 62.2 Å². The lowest BCUT2D eigenvalue weighted by Gasteiger charge is -2.53. The molecule has 0 aliphatic carbocycles. The minimum absolute atomic E-state index is 0.927. The van der Waals surface area contributed by atoms with E-state index in [4.69, 9.17) is 16.5 Å². The summed E-state index contributed by atoms with van der Waals surface area (Å²) in [6.45, 7) is 0. The Balaban J connectivity index is 1.02. The summed E-state index contributed by atoms with van der Waals surface area (Å²) in [5.41, 5.74) is 4.36. The van der Waals surface area contributed by atoms with Crippen molar-refractivity contribution in [3.63, 3.8) is 0 Å². The summed E-state index contributed by atoms with van der Waals surface area (Å²) in [5.74, 6) is 0. The molecule has 0 saturated carbocycles. The Kier molecular flexibility index (Phi) is 15.5. The molecule has 1 fully saturated rings. The summed E-state index contributed by atoms with van der Waals surface area (Å²) in [5, 5.41) is 12.9. The average Bonchev–Trinajstić information content (AvgIpc) is 1.16. The van der Waals surface area contributed by atoms with E-state index in [1.165, 1.54) is 20.7 Å². The van der Waals surface area contributed by atoms with E-state index in [0.29, 0.717) is 0 Å². The third kappa shape index (κ3) is 10.2. The highest BCUT2D eigenvalue weighted by Gasteiger charge is 2.68. The lowest BCUT2D eigenvalue weighted by atomic mass is 9.99. The molecule has 14 rings (SSSR count). The fraction of sp³-hybridized carbons (Fsp3) is 0. The first-order valence-corrected chi connectivity index (χ1v) is 39.0. The van der Waals surface area contributed by atoms with Gasteiger partial charge in [0, 0.05) is 0 Å². The van der Waals surface area contributed by atoms with Crippen LogP contribution in [0.4, 0.5) is 0 Å². The Labute approximate surface area is 515 Å². The van der Waals surface area contributed by atoms with Gasteiger partial charge >= 0.3 is 34.2 Å². The van der Waals surface area contributed by atoms with Gasteiger partial charge in [-0.15, -0.1) is 0 Å². The van der Waals surface area contributed by atoms with Crippen molar-refractivity contribution in [3.05, 3.63) is 376 Å². The molecule has 0 unspecified atom stereocenters. The van der Waals surface area contributed by atoms with E-state index >= 15 is 0 Å². The first-order valence-electron chi connectivity index (χ1n) is 29.7. The molecule has 0 atom stereocenters. The summed E-state index contributed by atoms with van der Waals surface area (Å²) in [4.78, 5) is 0. The summed E-state index contributed by atoms with van der Waals surface area (Å²) in [6.07, 6.45) is 0. The molecule has 0 amide bonds. The molecule has 1 aliphatic heterocycles. The SMILES string of the molecule is c1ccc([Si]2(c3ccccc3)O[Si](c3ccccc3)(c3ccccc3)O[Si](c3ccccc3)(c3cccc(-c4cccc(-c5cccc([Si](c6ccccc6)(c6ccccc6)c6ccccc6)c5)c4)c3)O[Si](c3ccccc3)(c3ccccc3)O2)cc1. The number of rotatable bonds is 14.